The first-order chi connectivity index (χ1) is 11.0. The van der Waals surface area contributed by atoms with Crippen molar-refractivity contribution in [2.45, 2.75) is 45.6 Å². The molecule has 0 bridgehead atoms. The molecule has 0 saturated heterocycles. The van der Waals surface area contributed by atoms with Gasteiger partial charge in [-0.25, -0.2) is 0 Å². The second-order valence-electron chi connectivity index (χ2n) is 6.06. The van der Waals surface area contributed by atoms with E-state index in [9.17, 15) is 9.59 Å². The minimum absolute atomic E-state index is 0.0112. The summed E-state index contributed by atoms with van der Waals surface area (Å²) >= 11 is 0. The van der Waals surface area contributed by atoms with E-state index in [-0.39, 0.29) is 11.8 Å². The van der Waals surface area contributed by atoms with Crippen molar-refractivity contribution >= 4 is 11.8 Å². The number of carbonyl (C=O) groups is 2. The SMILES string of the molecule is COCCCN(CCC(=O)NC1CC1)C(=O)c1cc(C)oc1C. The van der Waals surface area contributed by atoms with Crippen LogP contribution < -0.4 is 5.32 Å². The van der Waals surface area contributed by atoms with Gasteiger partial charge in [0.25, 0.3) is 5.91 Å². The second-order valence-corrected chi connectivity index (χ2v) is 6.06. The molecule has 128 valence electrons. The van der Waals surface area contributed by atoms with Gasteiger partial charge in [-0.2, -0.15) is 0 Å². The van der Waals surface area contributed by atoms with Crippen LogP contribution in [0.5, 0.6) is 0 Å². The lowest BCUT2D eigenvalue weighted by Crippen LogP contribution is -2.36. The van der Waals surface area contributed by atoms with Crippen LogP contribution in [0.2, 0.25) is 0 Å². The summed E-state index contributed by atoms with van der Waals surface area (Å²) < 4.78 is 10.5. The molecule has 0 aliphatic heterocycles. The Morgan fingerprint density at radius 2 is 2.09 bits per heavy atom. The van der Waals surface area contributed by atoms with E-state index in [0.717, 1.165) is 19.3 Å². The van der Waals surface area contributed by atoms with E-state index < -0.39 is 0 Å². The molecule has 0 atom stereocenters. The number of furan rings is 1. The monoisotopic (exact) mass is 322 g/mol. The summed E-state index contributed by atoms with van der Waals surface area (Å²) in [7, 11) is 1.64. The van der Waals surface area contributed by atoms with Crippen LogP contribution >= 0.6 is 0 Å². The van der Waals surface area contributed by atoms with Gasteiger partial charge in [-0.3, -0.25) is 9.59 Å². The molecule has 2 rings (SSSR count). The molecule has 1 saturated carbocycles. The fourth-order valence-corrected chi connectivity index (χ4v) is 2.49. The molecule has 1 aromatic heterocycles. The van der Waals surface area contributed by atoms with Crippen molar-refractivity contribution in [2.75, 3.05) is 26.8 Å². The predicted molar refractivity (Wildman–Crippen MR) is 86.4 cm³/mol. The third-order valence-corrected chi connectivity index (χ3v) is 3.89. The second kappa shape index (κ2) is 8.15. The maximum atomic E-state index is 12.7. The Kier molecular flexibility index (Phi) is 6.21. The van der Waals surface area contributed by atoms with Crippen LogP contribution in [0, 0.1) is 13.8 Å². The first kappa shape index (κ1) is 17.5. The Labute approximate surface area is 137 Å². The van der Waals surface area contributed by atoms with E-state index in [2.05, 4.69) is 5.32 Å². The zero-order valence-corrected chi connectivity index (χ0v) is 14.2. The van der Waals surface area contributed by atoms with Crippen LogP contribution in [0.1, 0.15) is 47.6 Å². The first-order valence-electron chi connectivity index (χ1n) is 8.16. The Morgan fingerprint density at radius 1 is 1.35 bits per heavy atom. The van der Waals surface area contributed by atoms with Crippen molar-refractivity contribution in [1.82, 2.24) is 10.2 Å². The number of amides is 2. The average molecular weight is 322 g/mol. The highest BCUT2D eigenvalue weighted by molar-refractivity contribution is 5.95. The van der Waals surface area contributed by atoms with Crippen molar-refractivity contribution < 1.29 is 18.7 Å². The molecular formula is C17H26N2O4. The van der Waals surface area contributed by atoms with Crippen molar-refractivity contribution in [3.8, 4) is 0 Å². The van der Waals surface area contributed by atoms with Gasteiger partial charge in [0.15, 0.2) is 0 Å². The molecule has 0 aromatic carbocycles. The van der Waals surface area contributed by atoms with Gasteiger partial charge in [0.1, 0.15) is 11.5 Å². The molecule has 1 fully saturated rings. The van der Waals surface area contributed by atoms with Crippen molar-refractivity contribution in [1.29, 1.82) is 0 Å². The van der Waals surface area contributed by atoms with Crippen LogP contribution in [-0.2, 0) is 9.53 Å². The van der Waals surface area contributed by atoms with E-state index in [0.29, 0.717) is 49.2 Å². The van der Waals surface area contributed by atoms with Gasteiger partial charge in [-0.05, 0) is 39.2 Å². The van der Waals surface area contributed by atoms with Crippen LogP contribution in [0.15, 0.2) is 10.5 Å². The van der Waals surface area contributed by atoms with Gasteiger partial charge in [0, 0.05) is 39.3 Å². The number of ether oxygens (including phenoxy) is 1. The summed E-state index contributed by atoms with van der Waals surface area (Å²) in [6.07, 6.45) is 3.19. The molecule has 2 amide bonds. The first-order valence-corrected chi connectivity index (χ1v) is 8.16. The molecule has 0 spiro atoms. The molecule has 1 aliphatic carbocycles. The third-order valence-electron chi connectivity index (χ3n) is 3.89. The normalized spacial score (nSPS) is 13.9. The summed E-state index contributed by atoms with van der Waals surface area (Å²) in [5.74, 6) is 1.26. The number of rotatable bonds is 9. The van der Waals surface area contributed by atoms with Crippen molar-refractivity contribution in [3.05, 3.63) is 23.2 Å². The van der Waals surface area contributed by atoms with Crippen molar-refractivity contribution in [2.24, 2.45) is 0 Å². The highest BCUT2D eigenvalue weighted by Gasteiger charge is 2.24. The smallest absolute Gasteiger partial charge is 0.257 e. The number of hydrogen-bond donors (Lipinski definition) is 1. The van der Waals surface area contributed by atoms with E-state index in [1.807, 2.05) is 6.92 Å². The standard InChI is InChI=1S/C17H26N2O4/c1-12-11-15(13(2)23-12)17(21)19(8-4-10-22-3)9-7-16(20)18-14-5-6-14/h11,14H,4-10H2,1-3H3,(H,18,20). The van der Waals surface area contributed by atoms with Crippen LogP contribution in [0.3, 0.4) is 0 Å². The van der Waals surface area contributed by atoms with Gasteiger partial charge in [-0.15, -0.1) is 0 Å². The largest absolute Gasteiger partial charge is 0.466 e. The van der Waals surface area contributed by atoms with Gasteiger partial charge >= 0.3 is 0 Å². The minimum atomic E-state index is -0.0883. The summed E-state index contributed by atoms with van der Waals surface area (Å²) in [5.41, 5.74) is 0.572. The number of aryl methyl sites for hydroxylation is 2. The molecule has 1 N–H and O–H groups in total. The van der Waals surface area contributed by atoms with E-state index in [4.69, 9.17) is 9.15 Å². The van der Waals surface area contributed by atoms with E-state index in [1.165, 1.54) is 0 Å². The van der Waals surface area contributed by atoms with Gasteiger partial charge in [0.2, 0.25) is 5.91 Å². The number of nitrogens with one attached hydrogen (secondary N) is 1. The number of methoxy groups -OCH3 is 1. The molecule has 0 unspecified atom stereocenters. The molecule has 1 aromatic rings. The van der Waals surface area contributed by atoms with E-state index in [1.54, 1.807) is 25.0 Å². The lowest BCUT2D eigenvalue weighted by molar-refractivity contribution is -0.121. The average Bonchev–Trinajstić information content (AvgIpc) is 3.24. The Morgan fingerprint density at radius 3 is 2.65 bits per heavy atom. The third kappa shape index (κ3) is 5.39. The van der Waals surface area contributed by atoms with E-state index >= 15 is 0 Å². The molecule has 0 radical (unpaired) electrons. The predicted octanol–water partition coefficient (Wildman–Crippen LogP) is 2.04. The van der Waals surface area contributed by atoms with Gasteiger partial charge < -0.3 is 19.4 Å². The summed E-state index contributed by atoms with van der Waals surface area (Å²) in [4.78, 5) is 26.3. The maximum absolute atomic E-state index is 12.7. The Balaban J connectivity index is 1.95. The fourth-order valence-electron chi connectivity index (χ4n) is 2.49. The zero-order valence-electron chi connectivity index (χ0n) is 14.2. The van der Waals surface area contributed by atoms with Gasteiger partial charge in [-0.1, -0.05) is 0 Å². The fraction of sp³-hybridized carbons (Fsp3) is 0.647. The Bertz CT molecular complexity index is 549. The van der Waals surface area contributed by atoms with Crippen LogP contribution in [0.25, 0.3) is 0 Å². The summed E-state index contributed by atoms with van der Waals surface area (Å²) in [5, 5.41) is 2.95. The highest BCUT2D eigenvalue weighted by atomic mass is 16.5. The molecule has 23 heavy (non-hydrogen) atoms. The lowest BCUT2D eigenvalue weighted by atomic mass is 10.2. The summed E-state index contributed by atoms with van der Waals surface area (Å²) in [6, 6.07) is 2.10. The molecular weight excluding hydrogens is 296 g/mol. The molecule has 1 aliphatic rings. The zero-order chi connectivity index (χ0) is 16.8. The minimum Gasteiger partial charge on any atom is -0.466 e. The lowest BCUT2D eigenvalue weighted by Gasteiger charge is -2.22. The Hall–Kier alpha value is -1.82. The number of nitrogens with zero attached hydrogens (tertiary/aromatic N) is 1. The van der Waals surface area contributed by atoms with Crippen LogP contribution in [0.4, 0.5) is 0 Å². The maximum Gasteiger partial charge on any atom is 0.257 e. The number of carbonyl (C=O) groups excluding carboxylic acids is 2. The number of hydrogen-bond acceptors (Lipinski definition) is 4. The van der Waals surface area contributed by atoms with Crippen LogP contribution in [-0.4, -0.2) is 49.6 Å². The quantitative estimate of drug-likeness (QED) is 0.706. The van der Waals surface area contributed by atoms with Gasteiger partial charge in [0.05, 0.1) is 5.56 Å². The van der Waals surface area contributed by atoms with Crippen molar-refractivity contribution in [3.63, 3.8) is 0 Å². The highest BCUT2D eigenvalue weighted by Crippen LogP contribution is 2.19. The topological polar surface area (TPSA) is 71.8 Å². The molecule has 6 nitrogen and oxygen atoms in total. The summed E-state index contributed by atoms with van der Waals surface area (Å²) in [6.45, 7) is 5.16. The molecule has 6 heteroatoms. The molecule has 1 heterocycles.